The average molecular weight is 237 g/mol. The van der Waals surface area contributed by atoms with Gasteiger partial charge in [-0.25, -0.2) is 0 Å². The molecule has 0 aromatic carbocycles. The quantitative estimate of drug-likeness (QED) is 0.844. The minimum absolute atomic E-state index is 0.173. The van der Waals surface area contributed by atoms with Crippen LogP contribution in [0.2, 0.25) is 0 Å². The molecule has 2 rings (SSSR count). The molecule has 1 aromatic heterocycles. The molecule has 0 bridgehead atoms. The maximum Gasteiger partial charge on any atom is 0.0692 e. The van der Waals surface area contributed by atoms with Gasteiger partial charge < -0.3 is 5.11 Å². The Kier molecular flexibility index (Phi) is 4.57. The second-order valence-corrected chi connectivity index (χ2v) is 4.84. The van der Waals surface area contributed by atoms with Crippen LogP contribution in [0, 0.1) is 0 Å². The number of rotatable bonds is 5. The van der Waals surface area contributed by atoms with Crippen LogP contribution in [0.3, 0.4) is 0 Å². The molecule has 1 fully saturated rings. The summed E-state index contributed by atoms with van der Waals surface area (Å²) in [7, 11) is 0. The average Bonchev–Trinajstić information content (AvgIpc) is 2.89. The molecule has 0 amide bonds. The topological polar surface area (TPSA) is 41.3 Å². The van der Waals surface area contributed by atoms with Gasteiger partial charge in [0.15, 0.2) is 0 Å². The predicted octanol–water partition coefficient (Wildman–Crippen LogP) is 1.51. The fraction of sp³-hybridized carbons (Fsp3) is 0.769. The van der Waals surface area contributed by atoms with Gasteiger partial charge >= 0.3 is 0 Å². The molecular formula is C13H23N3O. The first kappa shape index (κ1) is 12.6. The standard InChI is InChI=1S/C13H23N3O/c1-2-13(17)12-6-3-4-8-15(12)10-11-16-9-5-7-14-16/h5,7,9,12-13,17H,2-4,6,8,10-11H2,1H3. The molecule has 0 saturated carbocycles. The lowest BCUT2D eigenvalue weighted by Crippen LogP contribution is -2.47. The third kappa shape index (κ3) is 3.30. The summed E-state index contributed by atoms with van der Waals surface area (Å²) in [5.41, 5.74) is 0. The fourth-order valence-corrected chi connectivity index (χ4v) is 2.67. The molecule has 1 N–H and O–H groups in total. The number of aromatic nitrogens is 2. The molecule has 0 spiro atoms. The number of nitrogens with zero attached hydrogens (tertiary/aromatic N) is 3. The first-order chi connectivity index (χ1) is 8.31. The Morgan fingerprint density at radius 2 is 2.29 bits per heavy atom. The normalized spacial score (nSPS) is 23.8. The zero-order valence-corrected chi connectivity index (χ0v) is 10.6. The Balaban J connectivity index is 1.87. The van der Waals surface area contributed by atoms with Crippen LogP contribution in [0.5, 0.6) is 0 Å². The summed E-state index contributed by atoms with van der Waals surface area (Å²) in [5.74, 6) is 0. The van der Waals surface area contributed by atoms with Crippen molar-refractivity contribution >= 4 is 0 Å². The monoisotopic (exact) mass is 237 g/mol. The summed E-state index contributed by atoms with van der Waals surface area (Å²) in [5, 5.41) is 14.3. The van der Waals surface area contributed by atoms with Crippen molar-refractivity contribution < 1.29 is 5.11 Å². The lowest BCUT2D eigenvalue weighted by molar-refractivity contribution is 0.0218. The zero-order chi connectivity index (χ0) is 12.1. The largest absolute Gasteiger partial charge is 0.392 e. The lowest BCUT2D eigenvalue weighted by atomic mass is 9.96. The Bertz CT molecular complexity index is 312. The Labute approximate surface area is 103 Å². The Morgan fingerprint density at radius 3 is 3.00 bits per heavy atom. The molecule has 1 aliphatic heterocycles. The van der Waals surface area contributed by atoms with E-state index in [0.29, 0.717) is 6.04 Å². The van der Waals surface area contributed by atoms with E-state index >= 15 is 0 Å². The summed E-state index contributed by atoms with van der Waals surface area (Å²) in [6.45, 7) is 5.08. The number of hydrogen-bond acceptors (Lipinski definition) is 3. The number of hydrogen-bond donors (Lipinski definition) is 1. The van der Waals surface area contributed by atoms with Crippen molar-refractivity contribution in [3.05, 3.63) is 18.5 Å². The van der Waals surface area contributed by atoms with Gasteiger partial charge in [0.05, 0.1) is 12.6 Å². The molecule has 4 heteroatoms. The van der Waals surface area contributed by atoms with E-state index < -0.39 is 0 Å². The highest BCUT2D eigenvalue weighted by molar-refractivity contribution is 4.83. The van der Waals surface area contributed by atoms with Crippen LogP contribution in [0.1, 0.15) is 32.6 Å². The van der Waals surface area contributed by atoms with Crippen molar-refractivity contribution in [3.63, 3.8) is 0 Å². The molecule has 2 atom stereocenters. The summed E-state index contributed by atoms with van der Waals surface area (Å²) in [6.07, 6.45) is 8.13. The lowest BCUT2D eigenvalue weighted by Gasteiger charge is -2.38. The number of aliphatic hydroxyl groups excluding tert-OH is 1. The van der Waals surface area contributed by atoms with Gasteiger partial charge in [0, 0.05) is 25.0 Å². The van der Waals surface area contributed by atoms with Gasteiger partial charge in [-0.05, 0) is 31.9 Å². The van der Waals surface area contributed by atoms with E-state index in [0.717, 1.165) is 32.5 Å². The molecule has 1 aromatic rings. The van der Waals surface area contributed by atoms with Gasteiger partial charge in [-0.1, -0.05) is 13.3 Å². The van der Waals surface area contributed by atoms with Crippen LogP contribution < -0.4 is 0 Å². The number of likely N-dealkylation sites (tertiary alicyclic amines) is 1. The second kappa shape index (κ2) is 6.17. The first-order valence-corrected chi connectivity index (χ1v) is 6.71. The van der Waals surface area contributed by atoms with Crippen LogP contribution in [-0.2, 0) is 6.54 Å². The molecule has 2 heterocycles. The number of aliphatic hydroxyl groups is 1. The smallest absolute Gasteiger partial charge is 0.0692 e. The van der Waals surface area contributed by atoms with Crippen molar-refractivity contribution in [2.75, 3.05) is 13.1 Å². The highest BCUT2D eigenvalue weighted by Crippen LogP contribution is 2.21. The minimum Gasteiger partial charge on any atom is -0.392 e. The van der Waals surface area contributed by atoms with Crippen molar-refractivity contribution in [3.8, 4) is 0 Å². The van der Waals surface area contributed by atoms with Crippen molar-refractivity contribution in [1.82, 2.24) is 14.7 Å². The fourth-order valence-electron chi connectivity index (χ4n) is 2.67. The SMILES string of the molecule is CCC(O)C1CCCCN1CCn1cccn1. The van der Waals surface area contributed by atoms with Crippen LogP contribution in [0.25, 0.3) is 0 Å². The molecule has 2 unspecified atom stereocenters. The molecule has 17 heavy (non-hydrogen) atoms. The molecular weight excluding hydrogens is 214 g/mol. The van der Waals surface area contributed by atoms with Gasteiger partial charge in [-0.2, -0.15) is 5.10 Å². The molecule has 96 valence electrons. The first-order valence-electron chi connectivity index (χ1n) is 6.71. The molecule has 1 aliphatic rings. The van der Waals surface area contributed by atoms with Crippen LogP contribution >= 0.6 is 0 Å². The van der Waals surface area contributed by atoms with E-state index in [1.54, 1.807) is 0 Å². The van der Waals surface area contributed by atoms with Gasteiger partial charge in [-0.15, -0.1) is 0 Å². The van der Waals surface area contributed by atoms with Crippen molar-refractivity contribution in [2.24, 2.45) is 0 Å². The van der Waals surface area contributed by atoms with E-state index in [4.69, 9.17) is 0 Å². The number of piperidine rings is 1. The maximum atomic E-state index is 10.0. The molecule has 4 nitrogen and oxygen atoms in total. The third-order valence-corrected chi connectivity index (χ3v) is 3.70. The third-order valence-electron chi connectivity index (χ3n) is 3.70. The maximum absolute atomic E-state index is 10.0. The Hall–Kier alpha value is -0.870. The van der Waals surface area contributed by atoms with Gasteiger partial charge in [0.2, 0.25) is 0 Å². The highest BCUT2D eigenvalue weighted by Gasteiger charge is 2.27. The van der Waals surface area contributed by atoms with Gasteiger partial charge in [0.25, 0.3) is 0 Å². The second-order valence-electron chi connectivity index (χ2n) is 4.84. The van der Waals surface area contributed by atoms with Crippen LogP contribution in [0.15, 0.2) is 18.5 Å². The molecule has 0 radical (unpaired) electrons. The summed E-state index contributed by atoms with van der Waals surface area (Å²) in [4.78, 5) is 2.43. The van der Waals surface area contributed by atoms with Crippen LogP contribution in [-0.4, -0.2) is 45.0 Å². The zero-order valence-electron chi connectivity index (χ0n) is 10.6. The van der Waals surface area contributed by atoms with Gasteiger partial charge in [0.1, 0.15) is 0 Å². The van der Waals surface area contributed by atoms with Crippen molar-refractivity contribution in [1.29, 1.82) is 0 Å². The van der Waals surface area contributed by atoms with Crippen LogP contribution in [0.4, 0.5) is 0 Å². The van der Waals surface area contributed by atoms with E-state index in [2.05, 4.69) is 16.9 Å². The van der Waals surface area contributed by atoms with E-state index in [1.807, 2.05) is 23.1 Å². The summed E-state index contributed by atoms with van der Waals surface area (Å²) < 4.78 is 1.96. The molecule has 1 saturated heterocycles. The van der Waals surface area contributed by atoms with Gasteiger partial charge in [-0.3, -0.25) is 9.58 Å². The predicted molar refractivity (Wildman–Crippen MR) is 67.7 cm³/mol. The van der Waals surface area contributed by atoms with E-state index in [9.17, 15) is 5.11 Å². The van der Waals surface area contributed by atoms with Crippen molar-refractivity contribution in [2.45, 2.75) is 51.3 Å². The van der Waals surface area contributed by atoms with E-state index in [-0.39, 0.29) is 6.10 Å². The Morgan fingerprint density at radius 1 is 1.41 bits per heavy atom. The van der Waals surface area contributed by atoms with E-state index in [1.165, 1.54) is 12.8 Å². The summed E-state index contributed by atoms with van der Waals surface area (Å²) in [6, 6.07) is 2.30. The molecule has 0 aliphatic carbocycles. The highest BCUT2D eigenvalue weighted by atomic mass is 16.3. The summed E-state index contributed by atoms with van der Waals surface area (Å²) >= 11 is 0. The minimum atomic E-state index is -0.173.